The molecular weight excluding hydrogens is 294 g/mol. The highest BCUT2D eigenvalue weighted by molar-refractivity contribution is 5.92. The molecule has 2 N–H and O–H groups in total. The first-order valence-corrected chi connectivity index (χ1v) is 7.72. The Labute approximate surface area is 136 Å². The molecule has 6 nitrogen and oxygen atoms in total. The second-order valence-corrected chi connectivity index (χ2v) is 5.61. The third-order valence-corrected chi connectivity index (χ3v) is 3.48. The molecule has 1 amide bonds. The number of nitrogens with one attached hydrogen (secondary N) is 1. The molecule has 0 aliphatic rings. The normalized spacial score (nSPS) is 12.3. The smallest absolute Gasteiger partial charge is 0.273 e. The molecule has 1 unspecified atom stereocenters. The Bertz CT molecular complexity index is 613. The number of hydrogen-bond donors (Lipinski definition) is 2. The van der Waals surface area contributed by atoms with E-state index in [9.17, 15) is 9.90 Å². The summed E-state index contributed by atoms with van der Waals surface area (Å²) in [5, 5.41) is 15.9. The van der Waals surface area contributed by atoms with E-state index < -0.39 is 6.10 Å². The zero-order valence-electron chi connectivity index (χ0n) is 13.5. The van der Waals surface area contributed by atoms with Gasteiger partial charge < -0.3 is 14.9 Å². The quantitative estimate of drug-likeness (QED) is 0.776. The first-order chi connectivity index (χ1) is 11.1. The number of hydrogen-bond acceptors (Lipinski definition) is 5. The van der Waals surface area contributed by atoms with Gasteiger partial charge in [0.2, 0.25) is 0 Å². The van der Waals surface area contributed by atoms with Gasteiger partial charge in [-0.2, -0.15) is 0 Å². The molecule has 0 saturated heterocycles. The molecule has 6 heteroatoms. The first kappa shape index (κ1) is 17.2. The Morgan fingerprint density at radius 1 is 1.35 bits per heavy atom. The molecular formula is C17H23N3O3. The summed E-state index contributed by atoms with van der Waals surface area (Å²) in [5.41, 5.74) is 1.44. The van der Waals surface area contributed by atoms with E-state index in [4.69, 9.17) is 4.52 Å². The third-order valence-electron chi connectivity index (χ3n) is 3.48. The van der Waals surface area contributed by atoms with E-state index in [1.807, 2.05) is 32.2 Å². The number of nitrogens with zero attached hydrogens (tertiary/aromatic N) is 2. The molecule has 124 valence electrons. The molecule has 0 aliphatic heterocycles. The molecule has 2 rings (SSSR count). The van der Waals surface area contributed by atoms with Crippen molar-refractivity contribution in [3.05, 3.63) is 53.4 Å². The van der Waals surface area contributed by atoms with Gasteiger partial charge in [-0.05, 0) is 19.0 Å². The predicted octanol–water partition coefficient (Wildman–Crippen LogP) is 1.81. The highest BCUT2D eigenvalue weighted by atomic mass is 16.5. The van der Waals surface area contributed by atoms with E-state index in [0.717, 1.165) is 6.54 Å². The number of amides is 1. The van der Waals surface area contributed by atoms with Gasteiger partial charge in [0, 0.05) is 19.2 Å². The molecule has 1 atom stereocenters. The lowest BCUT2D eigenvalue weighted by Crippen LogP contribution is -2.31. The summed E-state index contributed by atoms with van der Waals surface area (Å²) in [6, 6.07) is 11.8. The summed E-state index contributed by atoms with van der Waals surface area (Å²) >= 11 is 0. The first-order valence-electron chi connectivity index (χ1n) is 7.72. The van der Waals surface area contributed by atoms with Gasteiger partial charge in [-0.25, -0.2) is 0 Å². The Hall–Kier alpha value is -2.18. The van der Waals surface area contributed by atoms with Crippen LogP contribution in [0.2, 0.25) is 0 Å². The van der Waals surface area contributed by atoms with Gasteiger partial charge in [-0.15, -0.1) is 0 Å². The molecule has 1 aromatic heterocycles. The minimum Gasteiger partial charge on any atom is -0.391 e. The minimum absolute atomic E-state index is 0.214. The SMILES string of the molecule is CCC(O)CNC(=O)c1cc(CN(C)Cc2ccccc2)on1. The summed E-state index contributed by atoms with van der Waals surface area (Å²) in [5.74, 6) is 0.294. The summed E-state index contributed by atoms with van der Waals surface area (Å²) in [4.78, 5) is 14.0. The largest absolute Gasteiger partial charge is 0.391 e. The Morgan fingerprint density at radius 2 is 2.09 bits per heavy atom. The van der Waals surface area contributed by atoms with E-state index in [0.29, 0.717) is 18.7 Å². The van der Waals surface area contributed by atoms with Crippen molar-refractivity contribution in [2.24, 2.45) is 0 Å². The van der Waals surface area contributed by atoms with Gasteiger partial charge in [-0.1, -0.05) is 42.4 Å². The number of aliphatic hydroxyl groups excluding tert-OH is 1. The average Bonchev–Trinajstić information content (AvgIpc) is 3.01. The van der Waals surface area contributed by atoms with Gasteiger partial charge >= 0.3 is 0 Å². The number of carbonyl (C=O) groups excluding carboxylic acids is 1. The van der Waals surface area contributed by atoms with Gasteiger partial charge in [0.05, 0.1) is 12.6 Å². The van der Waals surface area contributed by atoms with Gasteiger partial charge in [0.1, 0.15) is 0 Å². The Morgan fingerprint density at radius 3 is 2.78 bits per heavy atom. The van der Waals surface area contributed by atoms with Crippen molar-refractivity contribution >= 4 is 5.91 Å². The molecule has 0 radical (unpaired) electrons. The van der Waals surface area contributed by atoms with Crippen LogP contribution in [0.15, 0.2) is 40.9 Å². The van der Waals surface area contributed by atoms with Crippen LogP contribution >= 0.6 is 0 Å². The Balaban J connectivity index is 1.85. The maximum Gasteiger partial charge on any atom is 0.273 e. The van der Waals surface area contributed by atoms with E-state index in [1.54, 1.807) is 6.07 Å². The van der Waals surface area contributed by atoms with Crippen molar-refractivity contribution in [2.45, 2.75) is 32.5 Å². The summed E-state index contributed by atoms with van der Waals surface area (Å²) in [7, 11) is 1.98. The van der Waals surface area contributed by atoms with Crippen molar-refractivity contribution in [1.82, 2.24) is 15.4 Å². The number of benzene rings is 1. The monoisotopic (exact) mass is 317 g/mol. The molecule has 1 heterocycles. The fourth-order valence-electron chi connectivity index (χ4n) is 2.16. The van der Waals surface area contributed by atoms with E-state index in [1.165, 1.54) is 5.56 Å². The van der Waals surface area contributed by atoms with Crippen LogP contribution in [0.4, 0.5) is 0 Å². The van der Waals surface area contributed by atoms with Gasteiger partial charge in [0.15, 0.2) is 11.5 Å². The van der Waals surface area contributed by atoms with Crippen molar-refractivity contribution in [3.8, 4) is 0 Å². The summed E-state index contributed by atoms with van der Waals surface area (Å²) in [6.07, 6.45) is 0.0524. The van der Waals surface area contributed by atoms with Crippen LogP contribution < -0.4 is 5.32 Å². The molecule has 1 aromatic carbocycles. The number of aliphatic hydroxyl groups is 1. The summed E-state index contributed by atoms with van der Waals surface area (Å²) in [6.45, 7) is 3.41. The van der Waals surface area contributed by atoms with Crippen LogP contribution in [-0.4, -0.2) is 40.8 Å². The molecule has 0 spiro atoms. The van der Waals surface area contributed by atoms with E-state index in [-0.39, 0.29) is 18.1 Å². The van der Waals surface area contributed by atoms with Crippen molar-refractivity contribution in [2.75, 3.05) is 13.6 Å². The van der Waals surface area contributed by atoms with Crippen LogP contribution in [0.1, 0.15) is 35.2 Å². The van der Waals surface area contributed by atoms with E-state index in [2.05, 4.69) is 27.5 Å². The molecule has 23 heavy (non-hydrogen) atoms. The zero-order chi connectivity index (χ0) is 16.7. The third kappa shape index (κ3) is 5.50. The molecule has 0 saturated carbocycles. The van der Waals surface area contributed by atoms with Crippen LogP contribution in [0.3, 0.4) is 0 Å². The van der Waals surface area contributed by atoms with Gasteiger partial charge in [-0.3, -0.25) is 9.69 Å². The fourth-order valence-corrected chi connectivity index (χ4v) is 2.16. The van der Waals surface area contributed by atoms with Crippen LogP contribution in [0.5, 0.6) is 0 Å². The lowest BCUT2D eigenvalue weighted by molar-refractivity contribution is 0.0905. The van der Waals surface area contributed by atoms with E-state index >= 15 is 0 Å². The molecule has 2 aromatic rings. The molecule has 0 aliphatic carbocycles. The number of aromatic nitrogens is 1. The van der Waals surface area contributed by atoms with Crippen molar-refractivity contribution in [3.63, 3.8) is 0 Å². The van der Waals surface area contributed by atoms with Gasteiger partial charge in [0.25, 0.3) is 5.91 Å². The predicted molar refractivity (Wildman–Crippen MR) is 86.7 cm³/mol. The highest BCUT2D eigenvalue weighted by Crippen LogP contribution is 2.09. The lowest BCUT2D eigenvalue weighted by atomic mass is 10.2. The number of carbonyl (C=O) groups is 1. The topological polar surface area (TPSA) is 78.6 Å². The minimum atomic E-state index is -0.540. The maximum absolute atomic E-state index is 11.9. The molecule has 0 bridgehead atoms. The highest BCUT2D eigenvalue weighted by Gasteiger charge is 2.14. The Kier molecular flexibility index (Phi) is 6.31. The summed E-state index contributed by atoms with van der Waals surface area (Å²) < 4.78 is 5.21. The molecule has 0 fully saturated rings. The fraction of sp³-hybridized carbons (Fsp3) is 0.412. The number of rotatable bonds is 8. The lowest BCUT2D eigenvalue weighted by Gasteiger charge is -2.14. The zero-order valence-corrected chi connectivity index (χ0v) is 13.5. The van der Waals surface area contributed by atoms with Crippen LogP contribution in [0, 0.1) is 0 Å². The average molecular weight is 317 g/mol. The standard InChI is InChI=1S/C17H23N3O3/c1-3-14(21)10-18-17(22)16-9-15(23-19-16)12-20(2)11-13-7-5-4-6-8-13/h4-9,14,21H,3,10-12H2,1-2H3,(H,18,22). The van der Waals surface area contributed by atoms with Crippen LogP contribution in [-0.2, 0) is 13.1 Å². The second kappa shape index (κ2) is 8.45. The maximum atomic E-state index is 11.9. The van der Waals surface area contributed by atoms with Crippen molar-refractivity contribution < 1.29 is 14.4 Å². The second-order valence-electron chi connectivity index (χ2n) is 5.61. The van der Waals surface area contributed by atoms with Crippen LogP contribution in [0.25, 0.3) is 0 Å². The van der Waals surface area contributed by atoms with Crippen molar-refractivity contribution in [1.29, 1.82) is 0 Å².